The second kappa shape index (κ2) is 7.84. The highest BCUT2D eigenvalue weighted by atomic mass is 32.1. The number of aryl methyl sites for hydroxylation is 1. The Hall–Kier alpha value is -2.16. The topological polar surface area (TPSA) is 85.1 Å². The first-order valence-corrected chi connectivity index (χ1v) is 9.30. The Morgan fingerprint density at radius 1 is 1.30 bits per heavy atom. The number of nitrogens with zero attached hydrogens (tertiary/aromatic N) is 1. The van der Waals surface area contributed by atoms with E-state index >= 15 is 0 Å². The Balaban J connectivity index is 2.05. The summed E-state index contributed by atoms with van der Waals surface area (Å²) in [5.74, 6) is -0.800. The van der Waals surface area contributed by atoms with Crippen LogP contribution in [-0.4, -0.2) is 22.3 Å². The van der Waals surface area contributed by atoms with Gasteiger partial charge in [-0.3, -0.25) is 9.59 Å². The molecule has 2 amide bonds. The molecule has 2 aromatic rings. The predicted molar refractivity (Wildman–Crippen MR) is 98.1 cm³/mol. The lowest BCUT2D eigenvalue weighted by Crippen LogP contribution is -2.56. The molecule has 0 radical (unpaired) electrons. The molecule has 9 heteroatoms. The van der Waals surface area contributed by atoms with Gasteiger partial charge in [0.15, 0.2) is 0 Å². The number of thiazole rings is 1. The molecule has 1 unspecified atom stereocenters. The van der Waals surface area contributed by atoms with E-state index in [9.17, 15) is 22.8 Å². The third-order valence-electron chi connectivity index (χ3n) is 4.10. The van der Waals surface area contributed by atoms with Gasteiger partial charge in [0.2, 0.25) is 11.8 Å². The Morgan fingerprint density at radius 3 is 2.52 bits per heavy atom. The third-order valence-corrected chi connectivity index (χ3v) is 5.20. The fraction of sp³-hybridized carbons (Fsp3) is 0.500. The minimum atomic E-state index is -4.42. The van der Waals surface area contributed by atoms with Crippen LogP contribution in [0.5, 0.6) is 0 Å². The molecule has 0 spiro atoms. The van der Waals surface area contributed by atoms with Crippen LogP contribution in [-0.2, 0) is 22.2 Å². The van der Waals surface area contributed by atoms with Crippen LogP contribution in [0.25, 0.3) is 10.2 Å². The second-order valence-electron chi connectivity index (χ2n) is 7.13. The maximum atomic E-state index is 12.8. The van der Waals surface area contributed by atoms with E-state index in [1.165, 1.54) is 17.4 Å². The number of aromatic nitrogens is 1. The highest BCUT2D eigenvalue weighted by Gasteiger charge is 2.33. The minimum Gasteiger partial charge on any atom is -0.368 e. The number of carbonyl (C=O) groups excluding carboxylic acids is 2. The normalized spacial score (nSPS) is 14.3. The Kier molecular flexibility index (Phi) is 6.14. The molecule has 1 heterocycles. The van der Waals surface area contributed by atoms with Crippen LogP contribution in [0.4, 0.5) is 13.2 Å². The van der Waals surface area contributed by atoms with Gasteiger partial charge in [0.1, 0.15) is 5.54 Å². The van der Waals surface area contributed by atoms with E-state index < -0.39 is 23.2 Å². The van der Waals surface area contributed by atoms with Crippen molar-refractivity contribution < 1.29 is 22.8 Å². The molecule has 0 bridgehead atoms. The zero-order chi connectivity index (χ0) is 20.4. The van der Waals surface area contributed by atoms with Gasteiger partial charge in [0.05, 0.1) is 20.8 Å². The van der Waals surface area contributed by atoms with E-state index in [1.54, 1.807) is 6.92 Å². The van der Waals surface area contributed by atoms with Crippen LogP contribution in [0.2, 0.25) is 0 Å². The van der Waals surface area contributed by atoms with Gasteiger partial charge in [-0.05, 0) is 37.5 Å². The lowest BCUT2D eigenvalue weighted by atomic mass is 9.90. The number of halogens is 3. The molecule has 148 valence electrons. The molecular weight excluding hydrogens is 379 g/mol. The maximum absolute atomic E-state index is 12.8. The fourth-order valence-corrected chi connectivity index (χ4v) is 3.83. The first-order valence-electron chi connectivity index (χ1n) is 8.48. The molecule has 3 N–H and O–H groups in total. The van der Waals surface area contributed by atoms with Crippen molar-refractivity contribution in [3.8, 4) is 0 Å². The van der Waals surface area contributed by atoms with Crippen molar-refractivity contribution >= 4 is 33.4 Å². The summed E-state index contributed by atoms with van der Waals surface area (Å²) >= 11 is 1.24. The van der Waals surface area contributed by atoms with E-state index in [0.717, 1.165) is 12.1 Å². The van der Waals surface area contributed by atoms with Crippen LogP contribution in [0.1, 0.15) is 44.2 Å². The number of nitrogens with one attached hydrogen (secondary N) is 1. The largest absolute Gasteiger partial charge is 0.416 e. The van der Waals surface area contributed by atoms with Gasteiger partial charge in [-0.25, -0.2) is 4.98 Å². The molecule has 2 rings (SSSR count). The summed E-state index contributed by atoms with van der Waals surface area (Å²) in [6.07, 6.45) is -3.68. The number of rotatable bonds is 7. The van der Waals surface area contributed by atoms with Crippen LogP contribution in [0, 0.1) is 5.92 Å². The van der Waals surface area contributed by atoms with Crippen molar-refractivity contribution in [3.63, 3.8) is 0 Å². The number of hydrogen-bond donors (Lipinski definition) is 2. The Labute approximate surface area is 159 Å². The molecule has 1 aromatic carbocycles. The van der Waals surface area contributed by atoms with Crippen molar-refractivity contribution in [3.05, 3.63) is 28.8 Å². The fourth-order valence-electron chi connectivity index (χ4n) is 2.88. The van der Waals surface area contributed by atoms with Crippen molar-refractivity contribution in [2.75, 3.05) is 0 Å². The van der Waals surface area contributed by atoms with Crippen molar-refractivity contribution in [2.24, 2.45) is 11.7 Å². The number of nitrogens with two attached hydrogens (primary N) is 1. The molecule has 1 atom stereocenters. The summed E-state index contributed by atoms with van der Waals surface area (Å²) in [5.41, 5.74) is 3.78. The number of benzene rings is 1. The molecule has 0 aliphatic heterocycles. The molecule has 27 heavy (non-hydrogen) atoms. The van der Waals surface area contributed by atoms with E-state index in [-0.39, 0.29) is 30.2 Å². The lowest BCUT2D eigenvalue weighted by Gasteiger charge is -2.29. The number of alkyl halides is 3. The van der Waals surface area contributed by atoms with Gasteiger partial charge in [-0.15, -0.1) is 11.3 Å². The average Bonchev–Trinajstić information content (AvgIpc) is 2.93. The standard InChI is InChI=1S/C18H22F3N3O2S/c1-10(2)9-17(3,16(22)26)24-14(25)6-7-15-23-12-8-11(18(19,20)21)4-5-13(12)27-15/h4-5,8,10H,6-7,9H2,1-3H3,(H2,22,26)(H,24,25). The molecule has 5 nitrogen and oxygen atoms in total. The van der Waals surface area contributed by atoms with Gasteiger partial charge in [-0.2, -0.15) is 13.2 Å². The average molecular weight is 401 g/mol. The second-order valence-corrected chi connectivity index (χ2v) is 8.25. The SMILES string of the molecule is CC(C)CC(C)(NC(=O)CCc1nc2cc(C(F)(F)F)ccc2s1)C(N)=O. The molecule has 0 aliphatic carbocycles. The summed E-state index contributed by atoms with van der Waals surface area (Å²) < 4.78 is 38.9. The van der Waals surface area contributed by atoms with Crippen LogP contribution in [0.15, 0.2) is 18.2 Å². The van der Waals surface area contributed by atoms with Gasteiger partial charge in [0.25, 0.3) is 0 Å². The Bertz CT molecular complexity index is 848. The van der Waals surface area contributed by atoms with Crippen LogP contribution < -0.4 is 11.1 Å². The summed E-state index contributed by atoms with van der Waals surface area (Å²) in [6, 6.07) is 3.40. The summed E-state index contributed by atoms with van der Waals surface area (Å²) in [6.45, 7) is 5.43. The van der Waals surface area contributed by atoms with Crippen molar-refractivity contribution in [1.29, 1.82) is 0 Å². The predicted octanol–water partition coefficient (Wildman–Crippen LogP) is 3.65. The maximum Gasteiger partial charge on any atom is 0.416 e. The van der Waals surface area contributed by atoms with Crippen molar-refractivity contribution in [2.45, 2.75) is 51.7 Å². The summed E-state index contributed by atoms with van der Waals surface area (Å²) in [4.78, 5) is 28.1. The number of carbonyl (C=O) groups is 2. The number of hydrogen-bond acceptors (Lipinski definition) is 4. The molecular formula is C18H22F3N3O2S. The van der Waals surface area contributed by atoms with Gasteiger partial charge in [0, 0.05) is 12.8 Å². The quantitative estimate of drug-likeness (QED) is 0.743. The molecule has 0 fully saturated rings. The first kappa shape index (κ1) is 21.1. The third kappa shape index (κ3) is 5.41. The molecule has 0 saturated carbocycles. The summed E-state index contributed by atoms with van der Waals surface area (Å²) in [5, 5.41) is 3.23. The van der Waals surface area contributed by atoms with Crippen molar-refractivity contribution in [1.82, 2.24) is 10.3 Å². The number of fused-ring (bicyclic) bond motifs is 1. The van der Waals surface area contributed by atoms with Gasteiger partial charge in [-0.1, -0.05) is 13.8 Å². The Morgan fingerprint density at radius 2 is 1.96 bits per heavy atom. The number of primary amides is 1. The molecule has 0 saturated heterocycles. The summed E-state index contributed by atoms with van der Waals surface area (Å²) in [7, 11) is 0. The van der Waals surface area contributed by atoms with Gasteiger partial charge >= 0.3 is 6.18 Å². The number of amides is 2. The van der Waals surface area contributed by atoms with E-state index in [0.29, 0.717) is 16.1 Å². The van der Waals surface area contributed by atoms with Gasteiger partial charge < -0.3 is 11.1 Å². The minimum absolute atomic E-state index is 0.0624. The zero-order valence-corrected chi connectivity index (χ0v) is 16.1. The zero-order valence-electron chi connectivity index (χ0n) is 15.3. The van der Waals surface area contributed by atoms with E-state index in [1.807, 2.05) is 13.8 Å². The molecule has 0 aliphatic rings. The molecule has 1 aromatic heterocycles. The smallest absolute Gasteiger partial charge is 0.368 e. The monoisotopic (exact) mass is 401 g/mol. The van der Waals surface area contributed by atoms with E-state index in [4.69, 9.17) is 5.73 Å². The van der Waals surface area contributed by atoms with E-state index in [2.05, 4.69) is 10.3 Å². The highest BCUT2D eigenvalue weighted by molar-refractivity contribution is 7.18. The first-order chi connectivity index (χ1) is 12.4. The lowest BCUT2D eigenvalue weighted by molar-refractivity contribution is -0.137. The van der Waals surface area contributed by atoms with Crippen LogP contribution in [0.3, 0.4) is 0 Å². The highest BCUT2D eigenvalue weighted by Crippen LogP contribution is 2.33. The van der Waals surface area contributed by atoms with Crippen LogP contribution >= 0.6 is 11.3 Å².